The highest BCUT2D eigenvalue weighted by molar-refractivity contribution is 7.19. The van der Waals surface area contributed by atoms with E-state index >= 15 is 0 Å². The van der Waals surface area contributed by atoms with Crippen LogP contribution in [0.1, 0.15) is 16.0 Å². The second-order valence-electron chi connectivity index (χ2n) is 8.92. The van der Waals surface area contributed by atoms with Crippen molar-refractivity contribution in [3.05, 3.63) is 89.1 Å². The van der Waals surface area contributed by atoms with Crippen LogP contribution in [0, 0.1) is 0 Å². The number of hydrogen-bond acceptors (Lipinski definition) is 5. The maximum absolute atomic E-state index is 12.8. The maximum atomic E-state index is 12.8. The quantitative estimate of drug-likeness (QED) is 0.437. The zero-order chi connectivity index (χ0) is 22.6. The van der Waals surface area contributed by atoms with Gasteiger partial charge in [-0.1, -0.05) is 66.4 Å². The number of quaternary nitrogens is 1. The van der Waals surface area contributed by atoms with Gasteiger partial charge < -0.3 is 10.0 Å². The summed E-state index contributed by atoms with van der Waals surface area (Å²) in [5.74, 6) is 0.392. The molecule has 3 aromatic carbocycles. The highest BCUT2D eigenvalue weighted by Gasteiger charge is 2.26. The van der Waals surface area contributed by atoms with Crippen LogP contribution >= 0.6 is 11.3 Å². The molecule has 4 heterocycles. The molecule has 1 aliphatic rings. The van der Waals surface area contributed by atoms with Crippen molar-refractivity contribution in [3.63, 3.8) is 0 Å². The Morgan fingerprint density at radius 2 is 1.79 bits per heavy atom. The topological polar surface area (TPSA) is 70.6 Å². The van der Waals surface area contributed by atoms with E-state index in [1.165, 1.54) is 16.0 Å². The lowest BCUT2D eigenvalue weighted by molar-refractivity contribution is -0.929. The van der Waals surface area contributed by atoms with Gasteiger partial charge in [-0.25, -0.2) is 14.5 Å². The van der Waals surface area contributed by atoms with Gasteiger partial charge in [0.15, 0.2) is 11.5 Å². The predicted molar refractivity (Wildman–Crippen MR) is 132 cm³/mol. The van der Waals surface area contributed by atoms with Crippen LogP contribution in [-0.2, 0) is 19.5 Å². The molecule has 1 atom stereocenters. The number of nitrogens with one attached hydrogen (secondary N) is 1. The van der Waals surface area contributed by atoms with Crippen molar-refractivity contribution in [1.29, 1.82) is 0 Å². The van der Waals surface area contributed by atoms with Crippen molar-refractivity contribution >= 4 is 38.0 Å². The number of thiophene rings is 1. The summed E-state index contributed by atoms with van der Waals surface area (Å²) < 4.78 is 1.72. The molecule has 0 radical (unpaired) electrons. The monoisotopic (exact) mass is 463 g/mol. The lowest BCUT2D eigenvalue weighted by Crippen LogP contribution is -3.10. The average Bonchev–Trinajstić information content (AvgIpc) is 3.45. The van der Waals surface area contributed by atoms with Crippen LogP contribution in [0.2, 0.25) is 0 Å². The zero-order valence-corrected chi connectivity index (χ0v) is 19.2. The van der Waals surface area contributed by atoms with Crippen LogP contribution in [-0.4, -0.2) is 26.1 Å². The molecule has 1 unspecified atom stereocenters. The molecule has 0 saturated carbocycles. The molecule has 7 rings (SSSR count). The standard InChI is InChI=1S/C27H21N5OS/c33-22-13-19-9-5-4-8-18(19)12-21(22)25-29-26-24-20-10-11-31(14-17-6-2-1-3-7-17)15-23(20)34-27(24)28-16-32(26)30-25/h1-9,12-13,16,33H,10-11,14-15H2. The Labute approximate surface area is 199 Å². The van der Waals surface area contributed by atoms with E-state index in [2.05, 4.69) is 35.4 Å². The molecule has 1 aliphatic heterocycles. The Kier molecular flexibility index (Phi) is 4.40. The minimum atomic E-state index is -0.0636. The number of nitrogens with zero attached hydrogens (tertiary/aromatic N) is 4. The summed E-state index contributed by atoms with van der Waals surface area (Å²) in [4.78, 5) is 13.5. The molecule has 0 spiro atoms. The van der Waals surface area contributed by atoms with Gasteiger partial charge in [-0.05, 0) is 22.4 Å². The first-order valence-electron chi connectivity index (χ1n) is 11.5. The first kappa shape index (κ1) is 19.6. The van der Waals surface area contributed by atoms with Crippen molar-refractivity contribution in [2.45, 2.75) is 19.5 Å². The van der Waals surface area contributed by atoms with Crippen LogP contribution in [0.4, 0.5) is 0 Å². The SMILES string of the molecule is [O-]c1cc2ccccc2cc1-c1nc2c3c4c(sc3ncn2n1)C[NH+](Cc1ccccc1)CC4. The molecule has 0 bridgehead atoms. The molecule has 7 heteroatoms. The Morgan fingerprint density at radius 1 is 1.00 bits per heavy atom. The summed E-state index contributed by atoms with van der Waals surface area (Å²) in [6.45, 7) is 3.10. The predicted octanol–water partition coefficient (Wildman–Crippen LogP) is 3.37. The van der Waals surface area contributed by atoms with Crippen LogP contribution in [0.15, 0.2) is 73.1 Å². The first-order valence-corrected chi connectivity index (χ1v) is 12.3. The van der Waals surface area contributed by atoms with E-state index < -0.39 is 0 Å². The Bertz CT molecular complexity index is 1690. The van der Waals surface area contributed by atoms with E-state index in [4.69, 9.17) is 9.97 Å². The summed E-state index contributed by atoms with van der Waals surface area (Å²) in [6.07, 6.45) is 2.71. The van der Waals surface area contributed by atoms with Gasteiger partial charge in [-0.3, -0.25) is 0 Å². The third kappa shape index (κ3) is 3.16. The van der Waals surface area contributed by atoms with E-state index in [9.17, 15) is 5.11 Å². The minimum Gasteiger partial charge on any atom is -0.872 e. The van der Waals surface area contributed by atoms with Gasteiger partial charge >= 0.3 is 0 Å². The second kappa shape index (κ2) is 7.62. The Morgan fingerprint density at radius 3 is 2.65 bits per heavy atom. The minimum absolute atomic E-state index is 0.0636. The van der Waals surface area contributed by atoms with Crippen LogP contribution in [0.5, 0.6) is 5.75 Å². The molecule has 166 valence electrons. The zero-order valence-electron chi connectivity index (χ0n) is 18.4. The molecule has 0 saturated heterocycles. The fourth-order valence-corrected chi connectivity index (χ4v) is 6.32. The fourth-order valence-electron chi connectivity index (χ4n) is 5.07. The molecule has 3 aromatic heterocycles. The lowest BCUT2D eigenvalue weighted by Gasteiger charge is -2.24. The van der Waals surface area contributed by atoms with E-state index in [0.29, 0.717) is 11.4 Å². The summed E-state index contributed by atoms with van der Waals surface area (Å²) in [6, 6.07) is 22.1. The average molecular weight is 464 g/mol. The molecule has 1 N–H and O–H groups in total. The van der Waals surface area contributed by atoms with Crippen LogP contribution in [0.25, 0.3) is 38.0 Å². The molecule has 6 nitrogen and oxygen atoms in total. The molecule has 6 aromatic rings. The van der Waals surface area contributed by atoms with Crippen molar-refractivity contribution < 1.29 is 10.0 Å². The number of benzene rings is 3. The lowest BCUT2D eigenvalue weighted by atomic mass is 10.0. The van der Waals surface area contributed by atoms with E-state index in [1.807, 2.05) is 30.3 Å². The van der Waals surface area contributed by atoms with Crippen LogP contribution < -0.4 is 10.0 Å². The normalized spacial score (nSPS) is 15.8. The molecule has 34 heavy (non-hydrogen) atoms. The van der Waals surface area contributed by atoms with E-state index in [1.54, 1.807) is 33.1 Å². The Balaban J connectivity index is 1.30. The molecular formula is C27H21N5OS. The number of hydrogen-bond donors (Lipinski definition) is 1. The summed E-state index contributed by atoms with van der Waals surface area (Å²) in [5, 5.41) is 20.5. The van der Waals surface area contributed by atoms with Gasteiger partial charge in [0.2, 0.25) is 0 Å². The maximum Gasteiger partial charge on any atom is 0.181 e. The summed E-state index contributed by atoms with van der Waals surface area (Å²) in [5.41, 5.74) is 4.03. The van der Waals surface area contributed by atoms with Gasteiger partial charge in [-0.15, -0.1) is 16.4 Å². The molecule has 0 amide bonds. The molecular weight excluding hydrogens is 442 g/mol. The number of rotatable bonds is 3. The van der Waals surface area contributed by atoms with E-state index in [0.717, 1.165) is 52.7 Å². The van der Waals surface area contributed by atoms with Crippen molar-refractivity contribution in [1.82, 2.24) is 19.6 Å². The summed E-state index contributed by atoms with van der Waals surface area (Å²) >= 11 is 1.76. The highest BCUT2D eigenvalue weighted by Crippen LogP contribution is 2.35. The summed E-state index contributed by atoms with van der Waals surface area (Å²) in [7, 11) is 0. The van der Waals surface area contributed by atoms with E-state index in [-0.39, 0.29) is 5.75 Å². The Hall–Kier alpha value is -3.81. The van der Waals surface area contributed by atoms with Gasteiger partial charge in [0.05, 0.1) is 16.8 Å². The smallest absolute Gasteiger partial charge is 0.181 e. The van der Waals surface area contributed by atoms with Crippen molar-refractivity contribution in [2.75, 3.05) is 6.54 Å². The fraction of sp³-hybridized carbons (Fsp3) is 0.148. The third-order valence-corrected chi connectivity index (χ3v) is 7.88. The number of aromatic nitrogens is 4. The molecule has 0 fully saturated rings. The van der Waals surface area contributed by atoms with Gasteiger partial charge in [-0.2, -0.15) is 0 Å². The van der Waals surface area contributed by atoms with Crippen molar-refractivity contribution in [3.8, 4) is 17.1 Å². The van der Waals surface area contributed by atoms with Gasteiger partial charge in [0.1, 0.15) is 24.2 Å². The number of fused-ring (bicyclic) bond motifs is 6. The van der Waals surface area contributed by atoms with Crippen LogP contribution in [0.3, 0.4) is 0 Å². The van der Waals surface area contributed by atoms with Gasteiger partial charge in [0, 0.05) is 17.5 Å². The molecule has 0 aliphatic carbocycles. The third-order valence-electron chi connectivity index (χ3n) is 6.74. The largest absolute Gasteiger partial charge is 0.872 e. The first-order chi connectivity index (χ1) is 16.7. The highest BCUT2D eigenvalue weighted by atomic mass is 32.1. The second-order valence-corrected chi connectivity index (χ2v) is 10.0. The van der Waals surface area contributed by atoms with Gasteiger partial charge in [0.25, 0.3) is 0 Å². The van der Waals surface area contributed by atoms with Crippen molar-refractivity contribution in [2.24, 2.45) is 0 Å².